The predicted molar refractivity (Wildman–Crippen MR) is 86.0 cm³/mol. The maximum atomic E-state index is 13.1. The van der Waals surface area contributed by atoms with Gasteiger partial charge in [-0.3, -0.25) is 4.79 Å². The molecule has 2 aromatic rings. The summed E-state index contributed by atoms with van der Waals surface area (Å²) in [5.74, 6) is 0.836. The first kappa shape index (κ1) is 16.5. The van der Waals surface area contributed by atoms with E-state index in [1.165, 1.54) is 19.1 Å². The molecule has 116 valence electrons. The predicted octanol–water partition coefficient (Wildman–Crippen LogP) is 4.77. The minimum atomic E-state index is -0.340. The highest BCUT2D eigenvalue weighted by molar-refractivity contribution is 9.10. The zero-order valence-electron chi connectivity index (χ0n) is 12.4. The fraction of sp³-hybridized carbons (Fsp3) is 0.235. The van der Waals surface area contributed by atoms with Gasteiger partial charge < -0.3 is 9.47 Å². The molecule has 0 saturated carbocycles. The van der Waals surface area contributed by atoms with Gasteiger partial charge in [0.1, 0.15) is 23.9 Å². The van der Waals surface area contributed by atoms with E-state index in [9.17, 15) is 9.18 Å². The molecule has 0 atom stereocenters. The number of hydrogen-bond acceptors (Lipinski definition) is 3. The molecule has 0 aliphatic carbocycles. The van der Waals surface area contributed by atoms with Crippen LogP contribution in [0.5, 0.6) is 11.5 Å². The largest absolute Gasteiger partial charge is 0.493 e. The standard InChI is InChI=1S/C17H16BrFO3/c1-3-21-16-6-4-12(11(2)20)8-13(16)10-22-17-7-5-14(19)9-15(17)18/h4-9H,3,10H2,1-2H3. The van der Waals surface area contributed by atoms with Gasteiger partial charge in [0.05, 0.1) is 11.1 Å². The molecule has 0 unspecified atom stereocenters. The fourth-order valence-electron chi connectivity index (χ4n) is 1.96. The lowest BCUT2D eigenvalue weighted by molar-refractivity contribution is 0.101. The lowest BCUT2D eigenvalue weighted by Gasteiger charge is -2.13. The second-order valence-corrected chi connectivity index (χ2v) is 5.53. The zero-order valence-corrected chi connectivity index (χ0v) is 13.9. The molecule has 0 amide bonds. The van der Waals surface area contributed by atoms with E-state index in [0.717, 1.165) is 5.56 Å². The molecule has 0 spiro atoms. The van der Waals surface area contributed by atoms with Crippen LogP contribution in [0.3, 0.4) is 0 Å². The van der Waals surface area contributed by atoms with E-state index in [-0.39, 0.29) is 18.2 Å². The van der Waals surface area contributed by atoms with Gasteiger partial charge in [-0.25, -0.2) is 4.39 Å². The number of halogens is 2. The number of carbonyl (C=O) groups is 1. The molecular weight excluding hydrogens is 351 g/mol. The minimum absolute atomic E-state index is 0.0211. The number of ketones is 1. The number of hydrogen-bond donors (Lipinski definition) is 0. The van der Waals surface area contributed by atoms with Crippen LogP contribution in [-0.4, -0.2) is 12.4 Å². The van der Waals surface area contributed by atoms with Crippen LogP contribution in [0, 0.1) is 5.82 Å². The summed E-state index contributed by atoms with van der Waals surface area (Å²) < 4.78 is 24.9. The van der Waals surface area contributed by atoms with Crippen molar-refractivity contribution in [1.82, 2.24) is 0 Å². The van der Waals surface area contributed by atoms with Crippen molar-refractivity contribution in [3.05, 3.63) is 57.8 Å². The van der Waals surface area contributed by atoms with Crippen molar-refractivity contribution in [1.29, 1.82) is 0 Å². The summed E-state index contributed by atoms with van der Waals surface area (Å²) in [6.45, 7) is 4.14. The molecule has 5 heteroatoms. The van der Waals surface area contributed by atoms with Gasteiger partial charge >= 0.3 is 0 Å². The van der Waals surface area contributed by atoms with Crippen LogP contribution in [0.1, 0.15) is 29.8 Å². The second kappa shape index (κ2) is 7.40. The highest BCUT2D eigenvalue weighted by atomic mass is 79.9. The summed E-state index contributed by atoms with van der Waals surface area (Å²) >= 11 is 3.26. The highest BCUT2D eigenvalue weighted by Crippen LogP contribution is 2.28. The van der Waals surface area contributed by atoms with E-state index in [4.69, 9.17) is 9.47 Å². The highest BCUT2D eigenvalue weighted by Gasteiger charge is 2.10. The third kappa shape index (κ3) is 4.07. The lowest BCUT2D eigenvalue weighted by Crippen LogP contribution is -2.04. The van der Waals surface area contributed by atoms with Crippen molar-refractivity contribution < 1.29 is 18.7 Å². The summed E-state index contributed by atoms with van der Waals surface area (Å²) in [6, 6.07) is 9.46. The summed E-state index contributed by atoms with van der Waals surface area (Å²) in [4.78, 5) is 11.5. The monoisotopic (exact) mass is 366 g/mol. The fourth-order valence-corrected chi connectivity index (χ4v) is 2.42. The first-order chi connectivity index (χ1) is 10.5. The van der Waals surface area contributed by atoms with E-state index in [2.05, 4.69) is 15.9 Å². The molecule has 22 heavy (non-hydrogen) atoms. The summed E-state index contributed by atoms with van der Waals surface area (Å²) in [7, 11) is 0. The molecule has 3 nitrogen and oxygen atoms in total. The van der Waals surface area contributed by atoms with Crippen LogP contribution < -0.4 is 9.47 Å². The van der Waals surface area contributed by atoms with Gasteiger partial charge in [0.15, 0.2) is 5.78 Å². The first-order valence-electron chi connectivity index (χ1n) is 6.85. The quantitative estimate of drug-likeness (QED) is 0.690. The average molecular weight is 367 g/mol. The van der Waals surface area contributed by atoms with Gasteiger partial charge in [-0.1, -0.05) is 0 Å². The Kier molecular flexibility index (Phi) is 5.55. The normalized spacial score (nSPS) is 10.4. The number of rotatable bonds is 6. The van der Waals surface area contributed by atoms with Crippen LogP contribution in [0.2, 0.25) is 0 Å². The molecule has 0 fully saturated rings. The Morgan fingerprint density at radius 3 is 2.50 bits per heavy atom. The molecule has 0 heterocycles. The maximum absolute atomic E-state index is 13.1. The third-order valence-electron chi connectivity index (χ3n) is 3.04. The molecule has 2 aromatic carbocycles. The average Bonchev–Trinajstić information content (AvgIpc) is 2.47. The third-order valence-corrected chi connectivity index (χ3v) is 3.66. The Balaban J connectivity index is 2.22. The lowest BCUT2D eigenvalue weighted by atomic mass is 10.1. The van der Waals surface area contributed by atoms with Crippen LogP contribution in [0.25, 0.3) is 0 Å². The summed E-state index contributed by atoms with van der Waals surface area (Å²) in [6.07, 6.45) is 0. The van der Waals surface area contributed by atoms with E-state index in [1.807, 2.05) is 6.92 Å². The number of ether oxygens (including phenoxy) is 2. The number of benzene rings is 2. The molecule has 0 bridgehead atoms. The van der Waals surface area contributed by atoms with Crippen molar-refractivity contribution >= 4 is 21.7 Å². The van der Waals surface area contributed by atoms with Gasteiger partial charge in [0.25, 0.3) is 0 Å². The Morgan fingerprint density at radius 1 is 1.14 bits per heavy atom. The zero-order chi connectivity index (χ0) is 16.1. The second-order valence-electron chi connectivity index (χ2n) is 4.68. The Morgan fingerprint density at radius 2 is 1.86 bits per heavy atom. The SMILES string of the molecule is CCOc1ccc(C(C)=O)cc1COc1ccc(F)cc1Br. The van der Waals surface area contributed by atoms with Crippen molar-refractivity contribution in [2.45, 2.75) is 20.5 Å². The van der Waals surface area contributed by atoms with Gasteiger partial charge in [-0.15, -0.1) is 0 Å². The molecule has 0 N–H and O–H groups in total. The van der Waals surface area contributed by atoms with Gasteiger partial charge in [0.2, 0.25) is 0 Å². The molecule has 0 aromatic heterocycles. The van der Waals surface area contributed by atoms with Crippen molar-refractivity contribution in [3.63, 3.8) is 0 Å². The van der Waals surface area contributed by atoms with Crippen LogP contribution >= 0.6 is 15.9 Å². The van der Waals surface area contributed by atoms with E-state index < -0.39 is 0 Å². The smallest absolute Gasteiger partial charge is 0.159 e. The van der Waals surface area contributed by atoms with E-state index >= 15 is 0 Å². The van der Waals surface area contributed by atoms with E-state index in [1.54, 1.807) is 24.3 Å². The van der Waals surface area contributed by atoms with Gasteiger partial charge in [-0.2, -0.15) is 0 Å². The summed E-state index contributed by atoms with van der Waals surface area (Å²) in [5.41, 5.74) is 1.37. The van der Waals surface area contributed by atoms with Gasteiger partial charge in [-0.05, 0) is 66.2 Å². The number of Topliss-reactive ketones (excluding diaryl/α,β-unsaturated/α-hetero) is 1. The molecule has 0 aliphatic rings. The molecular formula is C17H16BrFO3. The molecule has 0 radical (unpaired) electrons. The molecule has 0 saturated heterocycles. The number of carbonyl (C=O) groups excluding carboxylic acids is 1. The van der Waals surface area contributed by atoms with Crippen LogP contribution in [0.4, 0.5) is 4.39 Å². The van der Waals surface area contributed by atoms with Crippen LogP contribution in [-0.2, 0) is 6.61 Å². The summed E-state index contributed by atoms with van der Waals surface area (Å²) in [5, 5.41) is 0. The van der Waals surface area contributed by atoms with Crippen molar-refractivity contribution in [3.8, 4) is 11.5 Å². The van der Waals surface area contributed by atoms with Crippen molar-refractivity contribution in [2.75, 3.05) is 6.61 Å². The minimum Gasteiger partial charge on any atom is -0.493 e. The topological polar surface area (TPSA) is 35.5 Å². The van der Waals surface area contributed by atoms with E-state index in [0.29, 0.717) is 28.1 Å². The van der Waals surface area contributed by atoms with Crippen LogP contribution in [0.15, 0.2) is 40.9 Å². The Labute approximate surface area is 137 Å². The molecule has 2 rings (SSSR count). The van der Waals surface area contributed by atoms with Crippen molar-refractivity contribution in [2.24, 2.45) is 0 Å². The Hall–Kier alpha value is -1.88. The van der Waals surface area contributed by atoms with Gasteiger partial charge in [0, 0.05) is 11.1 Å². The molecule has 0 aliphatic heterocycles. The maximum Gasteiger partial charge on any atom is 0.159 e. The Bertz CT molecular complexity index is 686. The first-order valence-corrected chi connectivity index (χ1v) is 7.65.